The van der Waals surface area contributed by atoms with Gasteiger partial charge in [-0.2, -0.15) is 0 Å². The second-order valence-corrected chi connectivity index (χ2v) is 6.55. The molecule has 3 rings (SSSR count). The van der Waals surface area contributed by atoms with Crippen molar-refractivity contribution in [2.75, 3.05) is 0 Å². The Kier molecular flexibility index (Phi) is 2.81. The minimum atomic E-state index is -0.460. The summed E-state index contributed by atoms with van der Waals surface area (Å²) in [6, 6.07) is 3.98. The first kappa shape index (κ1) is 12.8. The highest BCUT2D eigenvalue weighted by molar-refractivity contribution is 7.12. The zero-order valence-electron chi connectivity index (χ0n) is 11.5. The molecule has 0 saturated carbocycles. The van der Waals surface area contributed by atoms with E-state index in [1.807, 2.05) is 51.4 Å². The van der Waals surface area contributed by atoms with Crippen molar-refractivity contribution < 1.29 is 9.31 Å². The zero-order valence-corrected chi connectivity index (χ0v) is 12.3. The Morgan fingerprint density at radius 2 is 1.89 bits per heavy atom. The first-order chi connectivity index (χ1) is 8.89. The largest absolute Gasteiger partial charge is 0.518 e. The Labute approximate surface area is 116 Å². The Morgan fingerprint density at radius 3 is 2.47 bits per heavy atom. The lowest BCUT2D eigenvalue weighted by atomic mass is 9.86. The Balaban J connectivity index is 1.85. The van der Waals surface area contributed by atoms with E-state index in [1.54, 1.807) is 16.0 Å². The van der Waals surface area contributed by atoms with Gasteiger partial charge in [0.25, 0.3) is 0 Å². The predicted octanol–water partition coefficient (Wildman–Crippen LogP) is 1.63. The minimum Gasteiger partial charge on any atom is -0.398 e. The SMILES string of the molecule is CC1(C)OB(c2cn(-c3cccs3)nn2)OC1(C)C. The van der Waals surface area contributed by atoms with Gasteiger partial charge in [-0.3, -0.25) is 0 Å². The Bertz CT molecular complexity index is 564. The van der Waals surface area contributed by atoms with Crippen LogP contribution in [-0.2, 0) is 9.31 Å². The lowest BCUT2D eigenvalue weighted by Gasteiger charge is -2.32. The fraction of sp³-hybridized carbons (Fsp3) is 0.500. The molecule has 1 aliphatic rings. The summed E-state index contributed by atoms with van der Waals surface area (Å²) in [6.45, 7) is 8.10. The fourth-order valence-corrected chi connectivity index (χ4v) is 2.51. The molecule has 3 heterocycles. The maximum absolute atomic E-state index is 5.95. The van der Waals surface area contributed by atoms with Gasteiger partial charge in [0.15, 0.2) is 0 Å². The number of aromatic nitrogens is 3. The van der Waals surface area contributed by atoms with E-state index in [-0.39, 0.29) is 11.2 Å². The van der Waals surface area contributed by atoms with Gasteiger partial charge in [0.2, 0.25) is 0 Å². The maximum atomic E-state index is 5.95. The summed E-state index contributed by atoms with van der Waals surface area (Å²) < 4.78 is 13.6. The van der Waals surface area contributed by atoms with Gasteiger partial charge < -0.3 is 9.31 Å². The molecule has 0 aliphatic carbocycles. The van der Waals surface area contributed by atoms with Crippen LogP contribution < -0.4 is 5.59 Å². The number of thiophene rings is 1. The first-order valence-electron chi connectivity index (χ1n) is 6.21. The molecule has 1 saturated heterocycles. The molecule has 0 radical (unpaired) electrons. The van der Waals surface area contributed by atoms with Crippen LogP contribution in [0.25, 0.3) is 5.00 Å². The molecule has 2 aromatic heterocycles. The summed E-state index contributed by atoms with van der Waals surface area (Å²) in [5, 5.41) is 11.3. The highest BCUT2D eigenvalue weighted by atomic mass is 32.1. The van der Waals surface area contributed by atoms with E-state index in [1.165, 1.54) is 0 Å². The summed E-state index contributed by atoms with van der Waals surface area (Å²) in [5.74, 6) is 0. The number of hydrogen-bond donors (Lipinski definition) is 0. The van der Waals surface area contributed by atoms with Gasteiger partial charge in [0.05, 0.1) is 17.4 Å². The van der Waals surface area contributed by atoms with Crippen LogP contribution in [-0.4, -0.2) is 33.3 Å². The average molecular weight is 277 g/mol. The smallest absolute Gasteiger partial charge is 0.398 e. The van der Waals surface area contributed by atoms with Crippen molar-refractivity contribution in [1.29, 1.82) is 0 Å². The van der Waals surface area contributed by atoms with Crippen LogP contribution in [0.2, 0.25) is 0 Å². The third-order valence-electron chi connectivity index (χ3n) is 3.74. The van der Waals surface area contributed by atoms with Gasteiger partial charge in [0.1, 0.15) is 10.6 Å². The summed E-state index contributed by atoms with van der Waals surface area (Å²) in [5.41, 5.74) is -0.0126. The van der Waals surface area contributed by atoms with E-state index in [4.69, 9.17) is 9.31 Å². The van der Waals surface area contributed by atoms with E-state index in [9.17, 15) is 0 Å². The van der Waals surface area contributed by atoms with Crippen molar-refractivity contribution in [3.63, 3.8) is 0 Å². The maximum Gasteiger partial charge on any atom is 0.518 e. The van der Waals surface area contributed by atoms with Gasteiger partial charge in [-0.15, -0.1) is 16.4 Å². The van der Waals surface area contributed by atoms with Gasteiger partial charge in [-0.05, 0) is 45.2 Å². The summed E-state index contributed by atoms with van der Waals surface area (Å²) >= 11 is 1.61. The van der Waals surface area contributed by atoms with Crippen LogP contribution in [0.15, 0.2) is 23.7 Å². The molecule has 1 aliphatic heterocycles. The van der Waals surface area contributed by atoms with Crippen LogP contribution in [0.5, 0.6) is 0 Å². The number of hydrogen-bond acceptors (Lipinski definition) is 5. The van der Waals surface area contributed by atoms with Crippen molar-refractivity contribution in [3.8, 4) is 5.00 Å². The quantitative estimate of drug-likeness (QED) is 0.783. The third-order valence-corrected chi connectivity index (χ3v) is 4.60. The van der Waals surface area contributed by atoms with E-state index in [2.05, 4.69) is 10.3 Å². The fourth-order valence-electron chi connectivity index (χ4n) is 1.86. The molecule has 0 aromatic carbocycles. The molecule has 5 nitrogen and oxygen atoms in total. The molecular formula is C12H16BN3O2S. The van der Waals surface area contributed by atoms with E-state index in [0.29, 0.717) is 5.59 Å². The molecule has 0 unspecified atom stereocenters. The monoisotopic (exact) mass is 277 g/mol. The van der Waals surface area contributed by atoms with Gasteiger partial charge in [-0.1, -0.05) is 5.21 Å². The normalized spacial score (nSPS) is 20.9. The Morgan fingerprint density at radius 1 is 1.21 bits per heavy atom. The van der Waals surface area contributed by atoms with E-state index < -0.39 is 7.12 Å². The highest BCUT2D eigenvalue weighted by Crippen LogP contribution is 2.36. The van der Waals surface area contributed by atoms with Crippen molar-refractivity contribution in [3.05, 3.63) is 23.7 Å². The zero-order chi connectivity index (χ0) is 13.7. The van der Waals surface area contributed by atoms with Crippen molar-refractivity contribution in [2.24, 2.45) is 0 Å². The molecule has 1 fully saturated rings. The molecule has 2 aromatic rings. The molecule has 0 bridgehead atoms. The van der Waals surface area contributed by atoms with Crippen LogP contribution in [0.3, 0.4) is 0 Å². The summed E-state index contributed by atoms with van der Waals surface area (Å²) in [4.78, 5) is 0. The average Bonchev–Trinajstić information content (AvgIpc) is 3.00. The Hall–Kier alpha value is -1.18. The number of rotatable bonds is 2. The molecule has 19 heavy (non-hydrogen) atoms. The first-order valence-corrected chi connectivity index (χ1v) is 7.09. The summed E-state index contributed by atoms with van der Waals surface area (Å²) in [7, 11) is -0.460. The molecule has 100 valence electrons. The lowest BCUT2D eigenvalue weighted by Crippen LogP contribution is -2.41. The molecular weight excluding hydrogens is 261 g/mol. The predicted molar refractivity (Wildman–Crippen MR) is 75.0 cm³/mol. The van der Waals surface area contributed by atoms with Crippen LogP contribution in [0.1, 0.15) is 27.7 Å². The molecule has 0 amide bonds. The molecule has 0 spiro atoms. The standard InChI is InChI=1S/C12H16BN3O2S/c1-11(2)12(3,4)18-13(17-11)9-8-16(15-14-9)10-6-5-7-19-10/h5-8H,1-4H3. The minimum absolute atomic E-state index is 0.357. The molecule has 0 N–H and O–H groups in total. The molecule has 0 atom stereocenters. The van der Waals surface area contributed by atoms with E-state index in [0.717, 1.165) is 5.00 Å². The van der Waals surface area contributed by atoms with Gasteiger partial charge in [-0.25, -0.2) is 4.68 Å². The third kappa shape index (κ3) is 2.11. The van der Waals surface area contributed by atoms with Crippen LogP contribution >= 0.6 is 11.3 Å². The topological polar surface area (TPSA) is 49.2 Å². The summed E-state index contributed by atoms with van der Waals surface area (Å²) in [6.07, 6.45) is 1.86. The van der Waals surface area contributed by atoms with Crippen molar-refractivity contribution in [1.82, 2.24) is 15.0 Å². The van der Waals surface area contributed by atoms with Gasteiger partial charge >= 0.3 is 7.12 Å². The number of nitrogens with zero attached hydrogens (tertiary/aromatic N) is 3. The van der Waals surface area contributed by atoms with E-state index >= 15 is 0 Å². The van der Waals surface area contributed by atoms with Gasteiger partial charge in [0, 0.05) is 0 Å². The van der Waals surface area contributed by atoms with Crippen molar-refractivity contribution in [2.45, 2.75) is 38.9 Å². The lowest BCUT2D eigenvalue weighted by molar-refractivity contribution is 0.00578. The second kappa shape index (κ2) is 4.16. The van der Waals surface area contributed by atoms with Crippen molar-refractivity contribution >= 4 is 24.0 Å². The second-order valence-electron chi connectivity index (χ2n) is 5.63. The highest BCUT2D eigenvalue weighted by Gasteiger charge is 2.52. The molecule has 7 heteroatoms. The van der Waals surface area contributed by atoms with Crippen LogP contribution in [0.4, 0.5) is 0 Å². The van der Waals surface area contributed by atoms with Crippen LogP contribution in [0, 0.1) is 0 Å².